The zero-order valence-electron chi connectivity index (χ0n) is 18.5. The van der Waals surface area contributed by atoms with Crippen LogP contribution < -0.4 is 14.2 Å². The molecule has 0 fully saturated rings. The van der Waals surface area contributed by atoms with Gasteiger partial charge in [0.05, 0.1) is 13.2 Å². The maximum absolute atomic E-state index is 6.37. The van der Waals surface area contributed by atoms with Gasteiger partial charge in [-0.05, 0) is 80.3 Å². The molecule has 0 saturated carbocycles. The van der Waals surface area contributed by atoms with Gasteiger partial charge in [-0.25, -0.2) is 9.97 Å². The van der Waals surface area contributed by atoms with Crippen molar-refractivity contribution < 1.29 is 14.2 Å². The van der Waals surface area contributed by atoms with Crippen LogP contribution in [0.25, 0.3) is 5.57 Å². The first-order chi connectivity index (χ1) is 15.0. The van der Waals surface area contributed by atoms with Crippen molar-refractivity contribution in [3.63, 3.8) is 0 Å². The Bertz CT molecular complexity index is 1070. The van der Waals surface area contributed by atoms with Gasteiger partial charge in [0.25, 0.3) is 0 Å². The van der Waals surface area contributed by atoms with Crippen LogP contribution in [0.4, 0.5) is 0 Å². The molecule has 1 aliphatic heterocycles. The van der Waals surface area contributed by atoms with E-state index in [-0.39, 0.29) is 0 Å². The highest BCUT2D eigenvalue weighted by molar-refractivity contribution is 5.86. The Morgan fingerprint density at radius 1 is 0.903 bits per heavy atom. The third-order valence-corrected chi connectivity index (χ3v) is 5.06. The highest BCUT2D eigenvalue weighted by Crippen LogP contribution is 2.46. The summed E-state index contributed by atoms with van der Waals surface area (Å²) in [5, 5.41) is 0. The molecule has 0 unspecified atom stereocenters. The molecule has 0 bridgehead atoms. The molecule has 2 aromatic carbocycles. The smallest absolute Gasteiger partial charge is 0.170 e. The predicted molar refractivity (Wildman–Crippen MR) is 122 cm³/mol. The van der Waals surface area contributed by atoms with Crippen LogP contribution in [0.15, 0.2) is 61.2 Å². The van der Waals surface area contributed by atoms with Gasteiger partial charge in [0.15, 0.2) is 11.5 Å². The summed E-state index contributed by atoms with van der Waals surface area (Å²) in [5.41, 5.74) is 4.98. The lowest BCUT2D eigenvalue weighted by molar-refractivity contribution is 0.149. The van der Waals surface area contributed by atoms with E-state index in [0.717, 1.165) is 45.1 Å². The number of ether oxygens (including phenoxy) is 3. The van der Waals surface area contributed by atoms with E-state index in [4.69, 9.17) is 14.2 Å². The van der Waals surface area contributed by atoms with Gasteiger partial charge in [-0.3, -0.25) is 0 Å². The Labute approximate surface area is 183 Å². The fourth-order valence-electron chi connectivity index (χ4n) is 3.84. The highest BCUT2D eigenvalue weighted by Gasteiger charge is 2.30. The first kappa shape index (κ1) is 20.9. The van der Waals surface area contributed by atoms with Crippen molar-refractivity contribution in [3.8, 4) is 17.2 Å². The van der Waals surface area contributed by atoms with E-state index in [1.807, 2.05) is 38.4 Å². The fourth-order valence-corrected chi connectivity index (χ4v) is 3.84. The maximum Gasteiger partial charge on any atom is 0.170 e. The zero-order valence-corrected chi connectivity index (χ0v) is 18.5. The number of aromatic nitrogens is 2. The molecule has 0 amide bonds. The van der Waals surface area contributed by atoms with E-state index in [0.29, 0.717) is 19.6 Å². The molecule has 0 saturated heterocycles. The van der Waals surface area contributed by atoms with Crippen LogP contribution in [0.2, 0.25) is 0 Å². The monoisotopic (exact) mass is 416 g/mol. The van der Waals surface area contributed by atoms with Crippen LogP contribution in [0.3, 0.4) is 0 Å². The first-order valence-electron chi connectivity index (χ1n) is 10.7. The van der Waals surface area contributed by atoms with Crippen LogP contribution in [-0.2, 0) is 6.42 Å². The van der Waals surface area contributed by atoms with E-state index in [1.54, 1.807) is 6.33 Å². The van der Waals surface area contributed by atoms with Gasteiger partial charge in [0, 0.05) is 24.4 Å². The van der Waals surface area contributed by atoms with Crippen molar-refractivity contribution in [1.29, 1.82) is 0 Å². The second-order valence-electron chi connectivity index (χ2n) is 8.05. The highest BCUT2D eigenvalue weighted by atomic mass is 16.5. The summed E-state index contributed by atoms with van der Waals surface area (Å²) in [6.45, 7) is 9.32. The molecule has 3 aromatic rings. The Morgan fingerprint density at radius 2 is 1.61 bits per heavy atom. The number of nitrogens with zero attached hydrogens (tertiary/aromatic N) is 2. The minimum atomic E-state index is -0.457. The maximum atomic E-state index is 6.37. The zero-order chi connectivity index (χ0) is 21.8. The quantitative estimate of drug-likeness (QED) is 0.511. The molecule has 1 aromatic heterocycles. The lowest BCUT2D eigenvalue weighted by Gasteiger charge is -2.33. The minimum Gasteiger partial charge on any atom is -0.494 e. The van der Waals surface area contributed by atoms with Crippen LogP contribution >= 0.6 is 0 Å². The van der Waals surface area contributed by atoms with Gasteiger partial charge >= 0.3 is 0 Å². The lowest BCUT2D eigenvalue weighted by Crippen LogP contribution is -2.29. The summed E-state index contributed by atoms with van der Waals surface area (Å²) in [7, 11) is 0. The molecule has 5 heteroatoms. The summed E-state index contributed by atoms with van der Waals surface area (Å²) >= 11 is 0. The van der Waals surface area contributed by atoms with Crippen molar-refractivity contribution in [1.82, 2.24) is 9.97 Å². The van der Waals surface area contributed by atoms with Crippen molar-refractivity contribution in [2.75, 3.05) is 13.2 Å². The molecule has 1 aliphatic rings. The van der Waals surface area contributed by atoms with Gasteiger partial charge in [-0.1, -0.05) is 12.1 Å². The van der Waals surface area contributed by atoms with Gasteiger partial charge in [0.2, 0.25) is 0 Å². The van der Waals surface area contributed by atoms with Gasteiger partial charge in [0.1, 0.15) is 17.7 Å². The van der Waals surface area contributed by atoms with E-state index in [9.17, 15) is 0 Å². The lowest BCUT2D eigenvalue weighted by atomic mass is 9.88. The second-order valence-corrected chi connectivity index (χ2v) is 8.05. The predicted octanol–water partition coefficient (Wildman–Crippen LogP) is 5.47. The molecular formula is C26H28N2O3. The number of benzene rings is 2. The van der Waals surface area contributed by atoms with Crippen LogP contribution in [0, 0.1) is 0 Å². The molecule has 5 nitrogen and oxygen atoms in total. The van der Waals surface area contributed by atoms with Crippen molar-refractivity contribution in [2.24, 2.45) is 0 Å². The van der Waals surface area contributed by atoms with Gasteiger partial charge < -0.3 is 14.2 Å². The number of hydrogen-bond acceptors (Lipinski definition) is 5. The minimum absolute atomic E-state index is 0.457. The van der Waals surface area contributed by atoms with Crippen LogP contribution in [0.5, 0.6) is 17.2 Å². The Morgan fingerprint density at radius 3 is 2.29 bits per heavy atom. The van der Waals surface area contributed by atoms with Gasteiger partial charge in [-0.15, -0.1) is 0 Å². The molecule has 2 heterocycles. The number of hydrogen-bond donors (Lipinski definition) is 0. The molecule has 160 valence electrons. The molecule has 0 atom stereocenters. The SMILES string of the molecule is CCOc1ccc(C2=CC(C)(C)Oc3c(OCC)cc(Cc4cncnc4)cc32)cc1. The van der Waals surface area contributed by atoms with Gasteiger partial charge in [-0.2, -0.15) is 0 Å². The molecular weight excluding hydrogens is 388 g/mol. The number of rotatable bonds is 7. The third-order valence-electron chi connectivity index (χ3n) is 5.06. The fraction of sp³-hybridized carbons (Fsp3) is 0.308. The van der Waals surface area contributed by atoms with Crippen LogP contribution in [-0.4, -0.2) is 28.8 Å². The van der Waals surface area contributed by atoms with E-state index in [2.05, 4.69) is 54.2 Å². The Balaban J connectivity index is 1.81. The molecule has 31 heavy (non-hydrogen) atoms. The van der Waals surface area contributed by atoms with E-state index in [1.165, 1.54) is 0 Å². The van der Waals surface area contributed by atoms with Crippen LogP contribution in [0.1, 0.15) is 49.9 Å². The van der Waals surface area contributed by atoms with Crippen molar-refractivity contribution in [3.05, 3.63) is 83.4 Å². The Kier molecular flexibility index (Phi) is 5.94. The molecule has 4 rings (SSSR count). The summed E-state index contributed by atoms with van der Waals surface area (Å²) < 4.78 is 18.0. The summed E-state index contributed by atoms with van der Waals surface area (Å²) in [5.74, 6) is 2.41. The van der Waals surface area contributed by atoms with Crippen molar-refractivity contribution >= 4 is 5.57 Å². The summed E-state index contributed by atoms with van der Waals surface area (Å²) in [6, 6.07) is 12.5. The summed E-state index contributed by atoms with van der Waals surface area (Å²) in [6.07, 6.45) is 8.13. The first-order valence-corrected chi connectivity index (χ1v) is 10.7. The van der Waals surface area contributed by atoms with E-state index >= 15 is 0 Å². The average Bonchev–Trinajstić information content (AvgIpc) is 2.75. The third kappa shape index (κ3) is 4.71. The van der Waals surface area contributed by atoms with Crippen molar-refractivity contribution in [2.45, 2.75) is 39.7 Å². The number of fused-ring (bicyclic) bond motifs is 1. The Hall–Kier alpha value is -3.34. The average molecular weight is 417 g/mol. The standard InChI is InChI=1S/C26H28N2O3/c1-5-29-21-9-7-20(8-10-21)23-14-26(3,4)31-25-22(23)12-18(13-24(25)30-6-2)11-19-15-27-17-28-16-19/h7-10,12-17H,5-6,11H2,1-4H3. The second kappa shape index (κ2) is 8.80. The topological polar surface area (TPSA) is 53.5 Å². The molecule has 0 aliphatic carbocycles. The molecule has 0 radical (unpaired) electrons. The summed E-state index contributed by atoms with van der Waals surface area (Å²) in [4.78, 5) is 8.28. The normalized spacial score (nSPS) is 14.3. The van der Waals surface area contributed by atoms with E-state index < -0.39 is 5.60 Å². The molecule has 0 spiro atoms. The molecule has 0 N–H and O–H groups in total. The largest absolute Gasteiger partial charge is 0.494 e.